The van der Waals surface area contributed by atoms with Crippen molar-refractivity contribution in [3.05, 3.63) is 45.9 Å². The van der Waals surface area contributed by atoms with Crippen molar-refractivity contribution >= 4 is 11.6 Å². The second-order valence-corrected chi connectivity index (χ2v) is 3.15. The third-order valence-corrected chi connectivity index (χ3v) is 2.01. The van der Waals surface area contributed by atoms with Crippen molar-refractivity contribution in [1.82, 2.24) is 4.98 Å². The molecule has 0 amide bonds. The van der Waals surface area contributed by atoms with Crippen LogP contribution < -0.4 is 11.3 Å². The summed E-state index contributed by atoms with van der Waals surface area (Å²) in [6.45, 7) is 3.58. The van der Waals surface area contributed by atoms with Gasteiger partial charge in [-0.3, -0.25) is 4.79 Å². The fourth-order valence-corrected chi connectivity index (χ4v) is 1.18. The predicted molar refractivity (Wildman–Crippen MR) is 53.8 cm³/mol. The molecule has 0 aromatic carbocycles. The first-order chi connectivity index (χ1) is 6.15. The maximum Gasteiger partial charge on any atom is 0.266 e. The zero-order chi connectivity index (χ0) is 9.84. The summed E-state index contributed by atoms with van der Waals surface area (Å²) in [5.41, 5.74) is 6.29. The SMILES string of the molecule is C=CCC(N)c1c[nH]c(=O)c(Cl)c1. The van der Waals surface area contributed by atoms with Crippen LogP contribution in [0.3, 0.4) is 0 Å². The van der Waals surface area contributed by atoms with E-state index in [-0.39, 0.29) is 16.6 Å². The lowest BCUT2D eigenvalue weighted by molar-refractivity contribution is 0.736. The maximum atomic E-state index is 10.9. The van der Waals surface area contributed by atoms with Gasteiger partial charge in [-0.05, 0) is 18.1 Å². The molecule has 1 atom stereocenters. The number of aromatic nitrogens is 1. The van der Waals surface area contributed by atoms with E-state index in [0.29, 0.717) is 6.42 Å². The highest BCUT2D eigenvalue weighted by atomic mass is 35.5. The Bertz CT molecular complexity index is 359. The third-order valence-electron chi connectivity index (χ3n) is 1.73. The average Bonchev–Trinajstić information content (AvgIpc) is 2.10. The van der Waals surface area contributed by atoms with E-state index in [1.54, 1.807) is 18.3 Å². The van der Waals surface area contributed by atoms with Gasteiger partial charge in [-0.1, -0.05) is 17.7 Å². The summed E-state index contributed by atoms with van der Waals surface area (Å²) in [5.74, 6) is 0. The Kier molecular flexibility index (Phi) is 3.28. The highest BCUT2D eigenvalue weighted by molar-refractivity contribution is 6.30. The van der Waals surface area contributed by atoms with Crippen LogP contribution in [0.4, 0.5) is 0 Å². The minimum atomic E-state index is -0.295. The van der Waals surface area contributed by atoms with Gasteiger partial charge in [0.25, 0.3) is 5.56 Å². The van der Waals surface area contributed by atoms with E-state index in [0.717, 1.165) is 5.56 Å². The second-order valence-electron chi connectivity index (χ2n) is 2.74. The summed E-state index contributed by atoms with van der Waals surface area (Å²) >= 11 is 5.63. The molecular formula is C9H11ClN2O. The van der Waals surface area contributed by atoms with E-state index in [1.807, 2.05) is 0 Å². The second kappa shape index (κ2) is 4.25. The van der Waals surface area contributed by atoms with Crippen molar-refractivity contribution in [2.45, 2.75) is 12.5 Å². The van der Waals surface area contributed by atoms with Crippen molar-refractivity contribution in [2.75, 3.05) is 0 Å². The molecule has 0 saturated heterocycles. The Balaban J connectivity index is 2.96. The normalized spacial score (nSPS) is 12.5. The lowest BCUT2D eigenvalue weighted by Gasteiger charge is -2.08. The molecule has 0 aliphatic carbocycles. The molecule has 0 aliphatic rings. The van der Waals surface area contributed by atoms with E-state index in [1.165, 1.54) is 0 Å². The van der Waals surface area contributed by atoms with Crippen LogP contribution in [0.1, 0.15) is 18.0 Å². The van der Waals surface area contributed by atoms with Crippen LogP contribution in [0.5, 0.6) is 0 Å². The highest BCUT2D eigenvalue weighted by Gasteiger charge is 2.05. The molecule has 0 spiro atoms. The van der Waals surface area contributed by atoms with E-state index < -0.39 is 0 Å². The summed E-state index contributed by atoms with van der Waals surface area (Å²) in [4.78, 5) is 13.4. The smallest absolute Gasteiger partial charge is 0.266 e. The topological polar surface area (TPSA) is 58.9 Å². The number of H-pyrrole nitrogens is 1. The number of hydrogen-bond donors (Lipinski definition) is 2. The monoisotopic (exact) mass is 198 g/mol. The van der Waals surface area contributed by atoms with Crippen LogP contribution in [0.25, 0.3) is 0 Å². The Morgan fingerprint density at radius 1 is 1.77 bits per heavy atom. The summed E-state index contributed by atoms with van der Waals surface area (Å²) in [7, 11) is 0. The van der Waals surface area contributed by atoms with Crippen LogP contribution >= 0.6 is 11.6 Å². The number of rotatable bonds is 3. The van der Waals surface area contributed by atoms with Gasteiger partial charge in [0.15, 0.2) is 0 Å². The van der Waals surface area contributed by atoms with E-state index >= 15 is 0 Å². The average molecular weight is 199 g/mol. The van der Waals surface area contributed by atoms with Gasteiger partial charge in [0, 0.05) is 12.2 Å². The molecule has 13 heavy (non-hydrogen) atoms. The lowest BCUT2D eigenvalue weighted by atomic mass is 10.1. The first kappa shape index (κ1) is 10.0. The van der Waals surface area contributed by atoms with Crippen molar-refractivity contribution < 1.29 is 0 Å². The van der Waals surface area contributed by atoms with Crippen LogP contribution in [-0.4, -0.2) is 4.98 Å². The molecule has 0 radical (unpaired) electrons. The summed E-state index contributed by atoms with van der Waals surface area (Å²) in [6.07, 6.45) is 3.95. The highest BCUT2D eigenvalue weighted by Crippen LogP contribution is 2.14. The van der Waals surface area contributed by atoms with E-state index in [9.17, 15) is 4.79 Å². The quantitative estimate of drug-likeness (QED) is 0.725. The van der Waals surface area contributed by atoms with Gasteiger partial charge >= 0.3 is 0 Å². The minimum absolute atomic E-state index is 0.160. The van der Waals surface area contributed by atoms with E-state index in [2.05, 4.69) is 11.6 Å². The van der Waals surface area contributed by atoms with Gasteiger partial charge in [0.05, 0.1) is 0 Å². The van der Waals surface area contributed by atoms with Crippen LogP contribution in [0.15, 0.2) is 29.7 Å². The molecule has 0 saturated carbocycles. The molecule has 0 bridgehead atoms. The fraction of sp³-hybridized carbons (Fsp3) is 0.222. The lowest BCUT2D eigenvalue weighted by Crippen LogP contribution is -2.13. The van der Waals surface area contributed by atoms with Crippen LogP contribution in [0.2, 0.25) is 5.02 Å². The Hall–Kier alpha value is -1.06. The number of aromatic amines is 1. The number of pyridine rings is 1. The molecule has 70 valence electrons. The molecule has 1 aromatic rings. The summed E-state index contributed by atoms with van der Waals surface area (Å²) in [5, 5.41) is 0.164. The number of nitrogens with one attached hydrogen (secondary N) is 1. The summed E-state index contributed by atoms with van der Waals surface area (Å²) < 4.78 is 0. The van der Waals surface area contributed by atoms with Crippen molar-refractivity contribution in [2.24, 2.45) is 5.73 Å². The molecule has 1 rings (SSSR count). The third kappa shape index (κ3) is 2.44. The van der Waals surface area contributed by atoms with Gasteiger partial charge in [0.1, 0.15) is 5.02 Å². The van der Waals surface area contributed by atoms with Crippen LogP contribution in [-0.2, 0) is 0 Å². The molecule has 3 nitrogen and oxygen atoms in total. The molecule has 1 heterocycles. The van der Waals surface area contributed by atoms with Gasteiger partial charge in [-0.15, -0.1) is 6.58 Å². The molecule has 0 fully saturated rings. The number of halogens is 1. The molecule has 4 heteroatoms. The molecular weight excluding hydrogens is 188 g/mol. The number of nitrogens with two attached hydrogens (primary N) is 1. The van der Waals surface area contributed by atoms with Gasteiger partial charge in [-0.25, -0.2) is 0 Å². The van der Waals surface area contributed by atoms with Crippen molar-refractivity contribution in [3.63, 3.8) is 0 Å². The Morgan fingerprint density at radius 2 is 2.46 bits per heavy atom. The zero-order valence-electron chi connectivity index (χ0n) is 7.09. The van der Waals surface area contributed by atoms with Gasteiger partial charge < -0.3 is 10.7 Å². The first-order valence-electron chi connectivity index (χ1n) is 3.89. The molecule has 0 aliphatic heterocycles. The zero-order valence-corrected chi connectivity index (χ0v) is 7.84. The number of hydrogen-bond acceptors (Lipinski definition) is 2. The predicted octanol–water partition coefficient (Wildman–Crippen LogP) is 1.60. The van der Waals surface area contributed by atoms with Gasteiger partial charge in [-0.2, -0.15) is 0 Å². The maximum absolute atomic E-state index is 10.9. The van der Waals surface area contributed by atoms with Crippen LogP contribution in [0, 0.1) is 0 Å². The summed E-state index contributed by atoms with van der Waals surface area (Å²) in [6, 6.07) is 1.42. The minimum Gasteiger partial charge on any atom is -0.327 e. The van der Waals surface area contributed by atoms with Gasteiger partial charge in [0.2, 0.25) is 0 Å². The van der Waals surface area contributed by atoms with Crippen molar-refractivity contribution in [1.29, 1.82) is 0 Å². The van der Waals surface area contributed by atoms with E-state index in [4.69, 9.17) is 17.3 Å². The van der Waals surface area contributed by atoms with Crippen molar-refractivity contribution in [3.8, 4) is 0 Å². The fourth-order valence-electron chi connectivity index (χ4n) is 1.00. The largest absolute Gasteiger partial charge is 0.327 e. The molecule has 1 aromatic heterocycles. The standard InChI is InChI=1S/C9H11ClN2O/c1-2-3-8(11)6-4-7(10)9(13)12-5-6/h2,4-5,8H,1,3,11H2,(H,12,13). The molecule has 1 unspecified atom stereocenters. The Morgan fingerprint density at radius 3 is 3.00 bits per heavy atom. The Labute approximate surface area is 81.2 Å². The molecule has 3 N–H and O–H groups in total. The first-order valence-corrected chi connectivity index (χ1v) is 4.27.